The highest BCUT2D eigenvalue weighted by Gasteiger charge is 2.24. The SMILES string of the molecule is CCC(=O)CN1CCN(CC2CCN(CCOC(C)C)CC2)CC1. The number of carbonyl (C=O) groups is 1. The molecule has 0 aromatic heterocycles. The van der Waals surface area contributed by atoms with Crippen LogP contribution in [0.5, 0.6) is 0 Å². The molecule has 0 aromatic rings. The zero-order valence-corrected chi connectivity index (χ0v) is 16.0. The maximum absolute atomic E-state index is 11.6. The summed E-state index contributed by atoms with van der Waals surface area (Å²) in [6.07, 6.45) is 3.64. The van der Waals surface area contributed by atoms with Crippen molar-refractivity contribution in [3.05, 3.63) is 0 Å². The van der Waals surface area contributed by atoms with Crippen LogP contribution in [0.25, 0.3) is 0 Å². The van der Waals surface area contributed by atoms with Crippen LogP contribution in [0.3, 0.4) is 0 Å². The molecule has 0 N–H and O–H groups in total. The molecule has 2 fully saturated rings. The van der Waals surface area contributed by atoms with E-state index in [9.17, 15) is 4.79 Å². The monoisotopic (exact) mass is 339 g/mol. The lowest BCUT2D eigenvalue weighted by Crippen LogP contribution is -2.50. The van der Waals surface area contributed by atoms with Crippen LogP contribution in [-0.2, 0) is 9.53 Å². The molecule has 0 amide bonds. The van der Waals surface area contributed by atoms with Crippen LogP contribution in [0.4, 0.5) is 0 Å². The van der Waals surface area contributed by atoms with E-state index in [1.165, 1.54) is 32.5 Å². The molecule has 2 aliphatic rings. The second-order valence-electron chi connectivity index (χ2n) is 7.67. The number of Topliss-reactive ketones (excluding diaryl/α,β-unsaturated/α-hetero) is 1. The van der Waals surface area contributed by atoms with Gasteiger partial charge in [0.2, 0.25) is 0 Å². The molecular formula is C19H37N3O2. The minimum atomic E-state index is 0.342. The van der Waals surface area contributed by atoms with Crippen LogP contribution in [-0.4, -0.2) is 92.1 Å². The quantitative estimate of drug-likeness (QED) is 0.639. The zero-order valence-electron chi connectivity index (χ0n) is 16.0. The van der Waals surface area contributed by atoms with Gasteiger partial charge in [0.05, 0.1) is 19.3 Å². The second-order valence-corrected chi connectivity index (χ2v) is 7.67. The smallest absolute Gasteiger partial charge is 0.146 e. The molecule has 2 heterocycles. The number of nitrogens with zero attached hydrogens (tertiary/aromatic N) is 3. The summed E-state index contributed by atoms with van der Waals surface area (Å²) in [5.41, 5.74) is 0. The minimum absolute atomic E-state index is 0.342. The van der Waals surface area contributed by atoms with E-state index in [2.05, 4.69) is 28.5 Å². The highest BCUT2D eigenvalue weighted by atomic mass is 16.5. The normalized spacial score (nSPS) is 22.3. The maximum atomic E-state index is 11.6. The number of rotatable bonds is 9. The Balaban J connectivity index is 1.57. The van der Waals surface area contributed by atoms with Crippen molar-refractivity contribution in [2.45, 2.75) is 46.1 Å². The third-order valence-electron chi connectivity index (χ3n) is 5.34. The average Bonchev–Trinajstić information content (AvgIpc) is 2.58. The average molecular weight is 340 g/mol. The largest absolute Gasteiger partial charge is 0.377 e. The zero-order chi connectivity index (χ0) is 17.4. The number of hydrogen-bond donors (Lipinski definition) is 0. The fourth-order valence-corrected chi connectivity index (χ4v) is 3.67. The van der Waals surface area contributed by atoms with Crippen molar-refractivity contribution in [2.75, 3.05) is 65.5 Å². The van der Waals surface area contributed by atoms with Crippen molar-refractivity contribution in [1.29, 1.82) is 0 Å². The van der Waals surface area contributed by atoms with Gasteiger partial charge in [-0.25, -0.2) is 0 Å². The number of ketones is 1. The molecule has 24 heavy (non-hydrogen) atoms. The lowest BCUT2D eigenvalue weighted by molar-refractivity contribution is -0.120. The summed E-state index contributed by atoms with van der Waals surface area (Å²) in [5, 5.41) is 0. The van der Waals surface area contributed by atoms with Crippen molar-refractivity contribution in [3.63, 3.8) is 0 Å². The van der Waals surface area contributed by atoms with Gasteiger partial charge in [-0.3, -0.25) is 9.69 Å². The van der Waals surface area contributed by atoms with Gasteiger partial charge in [-0.2, -0.15) is 0 Å². The maximum Gasteiger partial charge on any atom is 0.146 e. The van der Waals surface area contributed by atoms with E-state index in [-0.39, 0.29) is 0 Å². The third kappa shape index (κ3) is 7.18. The van der Waals surface area contributed by atoms with Crippen LogP contribution in [0.15, 0.2) is 0 Å². The minimum Gasteiger partial charge on any atom is -0.377 e. The molecule has 0 bridgehead atoms. The highest BCUT2D eigenvalue weighted by molar-refractivity contribution is 5.80. The molecule has 0 radical (unpaired) electrons. The number of ether oxygens (including phenoxy) is 1. The Morgan fingerprint density at radius 3 is 2.21 bits per heavy atom. The first-order chi connectivity index (χ1) is 11.6. The van der Waals surface area contributed by atoms with Crippen LogP contribution in [0.2, 0.25) is 0 Å². The lowest BCUT2D eigenvalue weighted by Gasteiger charge is -2.38. The van der Waals surface area contributed by atoms with Crippen molar-refractivity contribution in [1.82, 2.24) is 14.7 Å². The van der Waals surface area contributed by atoms with E-state index in [0.717, 1.165) is 45.2 Å². The lowest BCUT2D eigenvalue weighted by atomic mass is 9.96. The number of piperidine rings is 1. The van der Waals surface area contributed by atoms with E-state index in [4.69, 9.17) is 4.74 Å². The molecular weight excluding hydrogens is 302 g/mol. The van der Waals surface area contributed by atoms with Crippen molar-refractivity contribution < 1.29 is 9.53 Å². The Bertz CT molecular complexity index is 360. The Morgan fingerprint density at radius 2 is 1.62 bits per heavy atom. The van der Waals surface area contributed by atoms with Gasteiger partial charge < -0.3 is 14.5 Å². The van der Waals surface area contributed by atoms with Crippen molar-refractivity contribution in [3.8, 4) is 0 Å². The Morgan fingerprint density at radius 1 is 1.00 bits per heavy atom. The third-order valence-corrected chi connectivity index (χ3v) is 5.34. The first-order valence-electron chi connectivity index (χ1n) is 9.87. The molecule has 0 aliphatic carbocycles. The molecule has 0 unspecified atom stereocenters. The molecule has 0 saturated carbocycles. The van der Waals surface area contributed by atoms with E-state index < -0.39 is 0 Å². The van der Waals surface area contributed by atoms with Gasteiger partial charge in [0, 0.05) is 45.7 Å². The fraction of sp³-hybridized carbons (Fsp3) is 0.947. The molecule has 0 aromatic carbocycles. The summed E-state index contributed by atoms with van der Waals surface area (Å²) in [4.78, 5) is 19.0. The Kier molecular flexibility index (Phi) is 8.67. The van der Waals surface area contributed by atoms with Gasteiger partial charge in [0.15, 0.2) is 0 Å². The van der Waals surface area contributed by atoms with Crippen LogP contribution in [0, 0.1) is 5.92 Å². The molecule has 5 nitrogen and oxygen atoms in total. The number of carbonyl (C=O) groups excluding carboxylic acids is 1. The van der Waals surface area contributed by atoms with Gasteiger partial charge in [0.25, 0.3) is 0 Å². The summed E-state index contributed by atoms with van der Waals surface area (Å²) < 4.78 is 5.66. The summed E-state index contributed by atoms with van der Waals surface area (Å²) in [7, 11) is 0. The summed E-state index contributed by atoms with van der Waals surface area (Å²) >= 11 is 0. The number of piperazine rings is 1. The van der Waals surface area contributed by atoms with Crippen LogP contribution < -0.4 is 0 Å². The fourth-order valence-electron chi connectivity index (χ4n) is 3.67. The standard InChI is InChI=1S/C19H37N3O2/c1-4-19(23)16-22-11-9-21(10-12-22)15-18-5-7-20(8-6-18)13-14-24-17(2)3/h17-18H,4-16H2,1-3H3. The molecule has 0 atom stereocenters. The number of likely N-dealkylation sites (tertiary alicyclic amines) is 1. The predicted octanol–water partition coefficient (Wildman–Crippen LogP) is 1.72. The van der Waals surface area contributed by atoms with Gasteiger partial charge in [0.1, 0.15) is 5.78 Å². The van der Waals surface area contributed by atoms with Gasteiger partial charge in [-0.05, 0) is 45.7 Å². The topological polar surface area (TPSA) is 36.0 Å². The van der Waals surface area contributed by atoms with E-state index in [1.807, 2.05) is 6.92 Å². The Labute approximate surface area is 148 Å². The van der Waals surface area contributed by atoms with Crippen LogP contribution in [0.1, 0.15) is 40.0 Å². The van der Waals surface area contributed by atoms with Crippen LogP contribution >= 0.6 is 0 Å². The summed E-state index contributed by atoms with van der Waals surface area (Å²) in [6.45, 7) is 16.8. The van der Waals surface area contributed by atoms with E-state index in [0.29, 0.717) is 24.9 Å². The molecule has 5 heteroatoms. The Hall–Kier alpha value is -0.490. The molecule has 0 spiro atoms. The molecule has 2 saturated heterocycles. The van der Waals surface area contributed by atoms with Gasteiger partial charge in [-0.1, -0.05) is 6.92 Å². The second kappa shape index (κ2) is 10.5. The molecule has 2 rings (SSSR count). The van der Waals surface area contributed by atoms with E-state index >= 15 is 0 Å². The summed E-state index contributed by atoms with van der Waals surface area (Å²) in [6, 6.07) is 0. The van der Waals surface area contributed by atoms with Crippen molar-refractivity contribution in [2.24, 2.45) is 5.92 Å². The highest BCUT2D eigenvalue weighted by Crippen LogP contribution is 2.19. The van der Waals surface area contributed by atoms with Gasteiger partial charge in [-0.15, -0.1) is 0 Å². The predicted molar refractivity (Wildman–Crippen MR) is 98.4 cm³/mol. The van der Waals surface area contributed by atoms with E-state index in [1.54, 1.807) is 0 Å². The first kappa shape index (κ1) is 19.8. The number of hydrogen-bond acceptors (Lipinski definition) is 5. The molecule has 140 valence electrons. The summed E-state index contributed by atoms with van der Waals surface area (Å²) in [5.74, 6) is 1.22. The van der Waals surface area contributed by atoms with Gasteiger partial charge >= 0.3 is 0 Å². The first-order valence-corrected chi connectivity index (χ1v) is 9.87. The molecule has 2 aliphatic heterocycles. The van der Waals surface area contributed by atoms with Crippen molar-refractivity contribution >= 4 is 5.78 Å².